The molecule has 8 heteroatoms. The summed E-state index contributed by atoms with van der Waals surface area (Å²) in [6, 6.07) is 27.3. The van der Waals surface area contributed by atoms with Crippen LogP contribution in [0.1, 0.15) is 24.7 Å². The van der Waals surface area contributed by atoms with E-state index in [1.807, 2.05) is 48.5 Å². The molecule has 2 amide bonds. The van der Waals surface area contributed by atoms with Crippen molar-refractivity contribution >= 4 is 51.5 Å². The summed E-state index contributed by atoms with van der Waals surface area (Å²) < 4.78 is 1.71. The van der Waals surface area contributed by atoms with E-state index in [0.717, 1.165) is 28.9 Å². The molecule has 0 atom stereocenters. The van der Waals surface area contributed by atoms with E-state index in [9.17, 15) is 9.59 Å². The molecule has 0 unspecified atom stereocenters. The van der Waals surface area contributed by atoms with Crippen LogP contribution in [-0.2, 0) is 13.0 Å². The molecule has 2 N–H and O–H groups in total. The minimum absolute atomic E-state index is 0.155. The number of aromatic nitrogens is 2. The molecule has 0 radical (unpaired) electrons. The van der Waals surface area contributed by atoms with E-state index in [1.165, 1.54) is 0 Å². The van der Waals surface area contributed by atoms with Crippen LogP contribution in [0.5, 0.6) is 0 Å². The number of rotatable bonds is 7. The number of aryl methyl sites for hydroxylation is 1. The molecule has 6 nitrogen and oxygen atoms in total. The summed E-state index contributed by atoms with van der Waals surface area (Å²) in [6.07, 6.45) is 1.53. The lowest BCUT2D eigenvalue weighted by molar-refractivity contribution is 0.262. The Hall–Kier alpha value is -4.13. The highest BCUT2D eigenvalue weighted by Gasteiger charge is 2.13. The molecule has 196 valence electrons. The third-order valence-electron chi connectivity index (χ3n) is 6.33. The molecule has 0 aliphatic rings. The number of halogens is 2. The summed E-state index contributed by atoms with van der Waals surface area (Å²) >= 11 is 12.4. The van der Waals surface area contributed by atoms with Crippen molar-refractivity contribution in [3.05, 3.63) is 123 Å². The number of carbonyl (C=O) groups excluding carboxylic acids is 1. The van der Waals surface area contributed by atoms with Crippen molar-refractivity contribution in [1.29, 1.82) is 0 Å². The fourth-order valence-electron chi connectivity index (χ4n) is 4.45. The zero-order valence-corrected chi connectivity index (χ0v) is 22.8. The molecule has 0 aliphatic carbocycles. The number of nitrogens with one attached hydrogen (secondary N) is 2. The van der Waals surface area contributed by atoms with Gasteiger partial charge in [-0.1, -0.05) is 78.7 Å². The van der Waals surface area contributed by atoms with Crippen LogP contribution in [0.25, 0.3) is 22.0 Å². The number of benzene rings is 4. The van der Waals surface area contributed by atoms with Gasteiger partial charge in [-0.05, 0) is 60.0 Å². The molecule has 0 saturated carbocycles. The van der Waals surface area contributed by atoms with E-state index >= 15 is 0 Å². The highest BCUT2D eigenvalue weighted by Crippen LogP contribution is 2.28. The Morgan fingerprint density at radius 1 is 0.872 bits per heavy atom. The van der Waals surface area contributed by atoms with Crippen molar-refractivity contribution in [2.75, 3.05) is 10.6 Å². The monoisotopic (exact) mass is 556 g/mol. The SMILES string of the molecule is CCCc1nc2ccc(NC(=O)Nc3cccc(Cl)c3)cc2c(=O)n1Cc1ccc(-c2ccccc2Cl)cc1. The van der Waals surface area contributed by atoms with Crippen molar-refractivity contribution in [2.45, 2.75) is 26.3 Å². The van der Waals surface area contributed by atoms with Crippen LogP contribution in [-0.4, -0.2) is 15.6 Å². The molecule has 5 aromatic rings. The first kappa shape index (κ1) is 26.5. The molecule has 0 bridgehead atoms. The quantitative estimate of drug-likeness (QED) is 0.213. The smallest absolute Gasteiger partial charge is 0.308 e. The maximum atomic E-state index is 13.7. The van der Waals surface area contributed by atoms with Gasteiger partial charge in [0.25, 0.3) is 5.56 Å². The summed E-state index contributed by atoms with van der Waals surface area (Å²) in [6.45, 7) is 2.44. The molecule has 4 aromatic carbocycles. The molecule has 0 spiro atoms. The van der Waals surface area contributed by atoms with Gasteiger partial charge in [0.05, 0.1) is 17.4 Å². The van der Waals surface area contributed by atoms with E-state index in [0.29, 0.717) is 45.3 Å². The summed E-state index contributed by atoms with van der Waals surface area (Å²) in [5.74, 6) is 0.726. The number of carbonyl (C=O) groups is 1. The van der Waals surface area contributed by atoms with Gasteiger partial charge in [0, 0.05) is 33.4 Å². The van der Waals surface area contributed by atoms with Crippen molar-refractivity contribution in [1.82, 2.24) is 9.55 Å². The van der Waals surface area contributed by atoms with E-state index in [1.54, 1.807) is 47.0 Å². The number of fused-ring (bicyclic) bond motifs is 1. The van der Waals surface area contributed by atoms with Crippen LogP contribution < -0.4 is 16.2 Å². The van der Waals surface area contributed by atoms with Crippen LogP contribution in [0, 0.1) is 0 Å². The average Bonchev–Trinajstić information content (AvgIpc) is 2.92. The maximum absolute atomic E-state index is 13.7. The normalized spacial score (nSPS) is 10.9. The number of nitrogens with zero attached hydrogens (tertiary/aromatic N) is 2. The minimum atomic E-state index is -0.439. The van der Waals surface area contributed by atoms with E-state index in [-0.39, 0.29) is 5.56 Å². The first-order valence-electron chi connectivity index (χ1n) is 12.6. The van der Waals surface area contributed by atoms with E-state index in [2.05, 4.69) is 17.6 Å². The molecular weight excluding hydrogens is 531 g/mol. The largest absolute Gasteiger partial charge is 0.323 e. The zero-order valence-electron chi connectivity index (χ0n) is 21.2. The number of hydrogen-bond donors (Lipinski definition) is 2. The van der Waals surface area contributed by atoms with Crippen LogP contribution >= 0.6 is 23.2 Å². The first-order valence-corrected chi connectivity index (χ1v) is 13.4. The predicted octanol–water partition coefficient (Wildman–Crippen LogP) is 8.02. The highest BCUT2D eigenvalue weighted by molar-refractivity contribution is 6.33. The fourth-order valence-corrected chi connectivity index (χ4v) is 4.88. The lowest BCUT2D eigenvalue weighted by atomic mass is 10.0. The standard InChI is InChI=1S/C31H26Cl2N4O2/c1-2-6-29-36-28-16-15-24(35-31(39)34-23-8-5-7-22(32)17-23)18-26(28)30(38)37(29)19-20-11-13-21(14-12-20)25-9-3-4-10-27(25)33/h3-5,7-18H,2,6,19H2,1H3,(H2,34,35,39). The summed E-state index contributed by atoms with van der Waals surface area (Å²) in [4.78, 5) is 31.0. The molecule has 1 aromatic heterocycles. The average molecular weight is 557 g/mol. The summed E-state index contributed by atoms with van der Waals surface area (Å²) in [5, 5.41) is 7.17. The van der Waals surface area contributed by atoms with Crippen LogP contribution in [0.2, 0.25) is 10.0 Å². The Morgan fingerprint density at radius 2 is 1.62 bits per heavy atom. The Labute approximate surface area is 236 Å². The Kier molecular flexibility index (Phi) is 7.96. The lowest BCUT2D eigenvalue weighted by Gasteiger charge is -2.15. The predicted molar refractivity (Wildman–Crippen MR) is 160 cm³/mol. The van der Waals surface area contributed by atoms with Crippen LogP contribution in [0.4, 0.5) is 16.2 Å². The Balaban J connectivity index is 1.43. The number of hydrogen-bond acceptors (Lipinski definition) is 3. The Bertz CT molecular complexity index is 1720. The number of amides is 2. The van der Waals surface area contributed by atoms with Crippen molar-refractivity contribution in [2.24, 2.45) is 0 Å². The van der Waals surface area contributed by atoms with Crippen LogP contribution in [0.15, 0.2) is 95.8 Å². The molecule has 0 fully saturated rings. The van der Waals surface area contributed by atoms with Crippen molar-refractivity contribution in [3.63, 3.8) is 0 Å². The van der Waals surface area contributed by atoms with Crippen molar-refractivity contribution in [3.8, 4) is 11.1 Å². The van der Waals surface area contributed by atoms with Gasteiger partial charge in [0.15, 0.2) is 0 Å². The third-order valence-corrected chi connectivity index (χ3v) is 6.89. The van der Waals surface area contributed by atoms with Crippen LogP contribution in [0.3, 0.4) is 0 Å². The van der Waals surface area contributed by atoms with Gasteiger partial charge >= 0.3 is 6.03 Å². The lowest BCUT2D eigenvalue weighted by Crippen LogP contribution is -2.26. The van der Waals surface area contributed by atoms with E-state index in [4.69, 9.17) is 28.2 Å². The molecule has 39 heavy (non-hydrogen) atoms. The zero-order chi connectivity index (χ0) is 27.4. The fraction of sp³-hybridized carbons (Fsp3) is 0.129. The number of urea groups is 1. The molecule has 0 aliphatic heterocycles. The van der Waals surface area contributed by atoms with Gasteiger partial charge in [-0.2, -0.15) is 0 Å². The topological polar surface area (TPSA) is 76.0 Å². The van der Waals surface area contributed by atoms with Gasteiger partial charge in [0.2, 0.25) is 0 Å². The molecule has 5 rings (SSSR count). The van der Waals surface area contributed by atoms with E-state index < -0.39 is 6.03 Å². The second kappa shape index (κ2) is 11.7. The van der Waals surface area contributed by atoms with Gasteiger partial charge in [0.1, 0.15) is 5.82 Å². The highest BCUT2D eigenvalue weighted by atomic mass is 35.5. The molecular formula is C31H26Cl2N4O2. The Morgan fingerprint density at radius 3 is 2.33 bits per heavy atom. The maximum Gasteiger partial charge on any atom is 0.323 e. The molecule has 1 heterocycles. The van der Waals surface area contributed by atoms with Gasteiger partial charge in [-0.3, -0.25) is 9.36 Å². The second-order valence-corrected chi connectivity index (χ2v) is 10.0. The van der Waals surface area contributed by atoms with Gasteiger partial charge in [-0.25, -0.2) is 9.78 Å². The second-order valence-electron chi connectivity index (χ2n) is 9.17. The number of anilines is 2. The van der Waals surface area contributed by atoms with Gasteiger partial charge < -0.3 is 10.6 Å². The first-order chi connectivity index (χ1) is 18.9. The third kappa shape index (κ3) is 6.14. The summed E-state index contributed by atoms with van der Waals surface area (Å²) in [7, 11) is 0. The minimum Gasteiger partial charge on any atom is -0.308 e. The van der Waals surface area contributed by atoms with Gasteiger partial charge in [-0.15, -0.1) is 0 Å². The summed E-state index contributed by atoms with van der Waals surface area (Å²) in [5.41, 5.74) is 4.43. The van der Waals surface area contributed by atoms with Crippen molar-refractivity contribution < 1.29 is 4.79 Å². The molecule has 0 saturated heterocycles.